The maximum absolute atomic E-state index is 14.5. The second-order valence-corrected chi connectivity index (χ2v) is 10.7. The van der Waals surface area contributed by atoms with Crippen molar-refractivity contribution in [2.45, 2.75) is 32.1 Å². The van der Waals surface area contributed by atoms with Crippen molar-refractivity contribution in [1.82, 2.24) is 4.90 Å². The number of amides is 2. The number of para-hydroxylation sites is 1. The summed E-state index contributed by atoms with van der Waals surface area (Å²) in [6.45, 7) is 1.73. The number of carbonyl (C=O) groups is 4. The van der Waals surface area contributed by atoms with Crippen LogP contribution in [0.2, 0.25) is 0 Å². The van der Waals surface area contributed by atoms with E-state index in [1.54, 1.807) is 31.2 Å². The van der Waals surface area contributed by atoms with Crippen LogP contribution < -0.4 is 0 Å². The number of hydrogen-bond donors (Lipinski definition) is 2. The molecule has 6 rings (SSSR count). The van der Waals surface area contributed by atoms with E-state index < -0.39 is 35.2 Å². The van der Waals surface area contributed by atoms with E-state index >= 15 is 0 Å². The van der Waals surface area contributed by atoms with Crippen molar-refractivity contribution in [1.29, 1.82) is 0 Å². The number of benzene rings is 2. The lowest BCUT2D eigenvalue weighted by atomic mass is 9.59. The number of Topliss-reactive ketones (excluding diaryl/α,β-unsaturated/α-hetero) is 1. The Morgan fingerprint density at radius 2 is 1.72 bits per heavy atom. The summed E-state index contributed by atoms with van der Waals surface area (Å²) in [6, 6.07) is 10.6. The zero-order valence-corrected chi connectivity index (χ0v) is 21.2. The minimum atomic E-state index is -0.899. The van der Waals surface area contributed by atoms with Gasteiger partial charge >= 0.3 is 0 Å². The second-order valence-electron chi connectivity index (χ2n) is 10.7. The molecule has 0 bridgehead atoms. The van der Waals surface area contributed by atoms with Gasteiger partial charge in [0.2, 0.25) is 11.8 Å². The van der Waals surface area contributed by atoms with Crippen molar-refractivity contribution in [2.24, 2.45) is 17.8 Å². The van der Waals surface area contributed by atoms with Gasteiger partial charge in [0.05, 0.1) is 11.8 Å². The molecular weight excluding hydrogens is 501 g/mol. The molecule has 2 aromatic carbocycles. The summed E-state index contributed by atoms with van der Waals surface area (Å²) in [5.74, 6) is -5.37. The summed E-state index contributed by atoms with van der Waals surface area (Å²) >= 11 is 0. The minimum Gasteiger partial charge on any atom is -0.508 e. The molecule has 3 aliphatic carbocycles. The molecular formula is C31H26FNO6. The predicted molar refractivity (Wildman–Crippen MR) is 138 cm³/mol. The fourth-order valence-electron chi connectivity index (χ4n) is 6.67. The van der Waals surface area contributed by atoms with E-state index in [9.17, 15) is 33.8 Å². The van der Waals surface area contributed by atoms with Gasteiger partial charge in [0, 0.05) is 34.7 Å². The summed E-state index contributed by atoms with van der Waals surface area (Å²) < 4.78 is 14.5. The lowest BCUT2D eigenvalue weighted by molar-refractivity contribution is -0.140. The average Bonchev–Trinajstić information content (AvgIpc) is 3.16. The monoisotopic (exact) mass is 527 g/mol. The van der Waals surface area contributed by atoms with Crippen LogP contribution >= 0.6 is 0 Å². The van der Waals surface area contributed by atoms with Gasteiger partial charge < -0.3 is 10.2 Å². The molecule has 2 N–H and O–H groups in total. The third kappa shape index (κ3) is 3.85. The van der Waals surface area contributed by atoms with Crippen LogP contribution in [0.15, 0.2) is 76.9 Å². The molecule has 0 aromatic heterocycles. The van der Waals surface area contributed by atoms with Crippen molar-refractivity contribution < 1.29 is 33.8 Å². The lowest BCUT2D eigenvalue weighted by Crippen LogP contribution is -2.40. The third-order valence-electron chi connectivity index (χ3n) is 8.55. The molecule has 0 unspecified atom stereocenters. The highest BCUT2D eigenvalue weighted by molar-refractivity contribution is 6.24. The Kier molecular flexibility index (Phi) is 5.86. The normalized spacial score (nSPS) is 26.3. The Balaban J connectivity index is 1.39. The van der Waals surface area contributed by atoms with Gasteiger partial charge in [-0.15, -0.1) is 0 Å². The van der Waals surface area contributed by atoms with Crippen LogP contribution in [0.3, 0.4) is 0 Å². The first-order chi connectivity index (χ1) is 18.7. The number of carbonyl (C=O) groups excluding carboxylic acids is 4. The van der Waals surface area contributed by atoms with Crippen LogP contribution in [0.1, 0.15) is 36.8 Å². The van der Waals surface area contributed by atoms with Gasteiger partial charge in [-0.2, -0.15) is 0 Å². The molecule has 2 aromatic rings. The molecule has 0 radical (unpaired) electrons. The van der Waals surface area contributed by atoms with Crippen LogP contribution in [-0.2, 0) is 25.6 Å². The summed E-state index contributed by atoms with van der Waals surface area (Å²) in [4.78, 5) is 54.9. The highest BCUT2D eigenvalue weighted by Crippen LogP contribution is 2.56. The van der Waals surface area contributed by atoms with Crippen LogP contribution in [0.25, 0.3) is 0 Å². The number of rotatable bonds is 4. The molecule has 1 heterocycles. The van der Waals surface area contributed by atoms with Gasteiger partial charge in [-0.1, -0.05) is 35.9 Å². The van der Waals surface area contributed by atoms with Crippen molar-refractivity contribution >= 4 is 23.4 Å². The fraction of sp³-hybridized carbons (Fsp3) is 0.290. The molecule has 2 amide bonds. The fourth-order valence-corrected chi connectivity index (χ4v) is 6.67. The number of imide groups is 1. The Bertz CT molecular complexity index is 1550. The zero-order chi connectivity index (χ0) is 27.6. The summed E-state index contributed by atoms with van der Waals surface area (Å²) in [7, 11) is 0. The first kappa shape index (κ1) is 25.0. The number of likely N-dealkylation sites (tertiary alicyclic amines) is 1. The predicted octanol–water partition coefficient (Wildman–Crippen LogP) is 3.91. The van der Waals surface area contributed by atoms with Gasteiger partial charge in [-0.05, 0) is 61.9 Å². The Morgan fingerprint density at radius 1 is 0.974 bits per heavy atom. The summed E-state index contributed by atoms with van der Waals surface area (Å²) in [6.07, 6.45) is 3.93. The van der Waals surface area contributed by atoms with Gasteiger partial charge in [-0.25, -0.2) is 4.39 Å². The van der Waals surface area contributed by atoms with E-state index in [4.69, 9.17) is 0 Å². The van der Waals surface area contributed by atoms with Crippen molar-refractivity contribution in [3.63, 3.8) is 0 Å². The molecule has 1 aliphatic heterocycles. The standard InChI is InChI=1S/C31H26FNO6/c1-15-13-24(35)22-14-21-18(25(27(22)28(15)36)19-3-2-4-23(32)29(19)37)9-10-20-26(21)31(39)33(30(20)38)12-11-16-5-7-17(34)8-6-16/h2-9,13,20-21,25-26,34,37H,10-12,14H2,1H3/t20-,21+,25+,26-/m0/s1. The van der Waals surface area contributed by atoms with Crippen molar-refractivity contribution in [2.75, 3.05) is 6.54 Å². The number of phenols is 2. The smallest absolute Gasteiger partial charge is 0.233 e. The minimum absolute atomic E-state index is 0.119. The van der Waals surface area contributed by atoms with Crippen LogP contribution in [0.5, 0.6) is 11.5 Å². The van der Waals surface area contributed by atoms with Crippen molar-refractivity contribution in [3.05, 3.63) is 93.9 Å². The Labute approximate surface area is 223 Å². The highest BCUT2D eigenvalue weighted by atomic mass is 19.1. The van der Waals surface area contributed by atoms with Gasteiger partial charge in [0.1, 0.15) is 5.75 Å². The molecule has 7 nitrogen and oxygen atoms in total. The number of fused-ring (bicyclic) bond motifs is 3. The SMILES string of the molecule is CC1=CC(=O)C2=C(C1=O)[C@@H](c1cccc(F)c1O)C1=CC[C@@H]3C(=O)N(CCc4ccc(O)cc4)C(=O)[C@@H]3[C@@H]1C2. The topological polar surface area (TPSA) is 112 Å². The highest BCUT2D eigenvalue weighted by Gasteiger charge is 2.56. The molecule has 1 saturated heterocycles. The first-order valence-electron chi connectivity index (χ1n) is 13.0. The molecule has 4 aliphatic rings. The van der Waals surface area contributed by atoms with E-state index in [0.29, 0.717) is 12.0 Å². The van der Waals surface area contributed by atoms with Gasteiger partial charge in [-0.3, -0.25) is 24.1 Å². The van der Waals surface area contributed by atoms with Gasteiger partial charge in [0.15, 0.2) is 23.1 Å². The summed E-state index contributed by atoms with van der Waals surface area (Å²) in [5, 5.41) is 20.2. The number of ketones is 2. The Morgan fingerprint density at radius 3 is 2.46 bits per heavy atom. The quantitative estimate of drug-likeness (QED) is 0.354. The van der Waals surface area contributed by atoms with Crippen molar-refractivity contribution in [3.8, 4) is 11.5 Å². The van der Waals surface area contributed by atoms with E-state index in [2.05, 4.69) is 0 Å². The molecule has 8 heteroatoms. The van der Waals surface area contributed by atoms with Crippen LogP contribution in [-0.4, -0.2) is 45.0 Å². The lowest BCUT2D eigenvalue weighted by Gasteiger charge is -2.42. The first-order valence-corrected chi connectivity index (χ1v) is 13.0. The number of phenolic OH excluding ortho intramolecular Hbond substituents is 2. The average molecular weight is 528 g/mol. The molecule has 39 heavy (non-hydrogen) atoms. The second kappa shape index (κ2) is 9.15. The van der Waals surface area contributed by atoms with E-state index in [1.165, 1.54) is 23.1 Å². The van der Waals surface area contributed by atoms with E-state index in [1.807, 2.05) is 6.08 Å². The van der Waals surface area contributed by atoms with E-state index in [0.717, 1.165) is 11.6 Å². The van der Waals surface area contributed by atoms with Crippen LogP contribution in [0.4, 0.5) is 4.39 Å². The number of hydrogen-bond acceptors (Lipinski definition) is 6. The molecule has 1 fully saturated rings. The molecule has 198 valence electrons. The van der Waals surface area contributed by atoms with Gasteiger partial charge in [0.25, 0.3) is 0 Å². The third-order valence-corrected chi connectivity index (χ3v) is 8.55. The number of aromatic hydroxyl groups is 2. The number of allylic oxidation sites excluding steroid dienone is 6. The van der Waals surface area contributed by atoms with E-state index in [-0.39, 0.29) is 70.8 Å². The Hall–Kier alpha value is -4.33. The summed E-state index contributed by atoms with van der Waals surface area (Å²) in [5.41, 5.74) is 2.42. The maximum atomic E-state index is 14.5. The van der Waals surface area contributed by atoms with Crippen LogP contribution in [0, 0.1) is 23.6 Å². The zero-order valence-electron chi connectivity index (χ0n) is 21.2. The number of halogens is 1. The largest absolute Gasteiger partial charge is 0.508 e. The molecule has 4 atom stereocenters. The number of nitrogens with zero attached hydrogens (tertiary/aromatic N) is 1. The maximum Gasteiger partial charge on any atom is 0.233 e. The molecule has 0 spiro atoms. The molecule has 0 saturated carbocycles.